The minimum atomic E-state index is -0.952. The Balaban J connectivity index is 2.55. The van der Waals surface area contributed by atoms with Gasteiger partial charge in [0.25, 0.3) is 0 Å². The Labute approximate surface area is 128 Å². The highest BCUT2D eigenvalue weighted by atomic mass is 16.4. The van der Waals surface area contributed by atoms with Gasteiger partial charge in [0.05, 0.1) is 0 Å². The first-order valence-electron chi connectivity index (χ1n) is 8.09. The molecule has 21 heavy (non-hydrogen) atoms. The van der Waals surface area contributed by atoms with Crippen LogP contribution in [0.1, 0.15) is 53.4 Å². The first-order chi connectivity index (χ1) is 9.81. The van der Waals surface area contributed by atoms with Gasteiger partial charge < -0.3 is 15.3 Å². The van der Waals surface area contributed by atoms with Gasteiger partial charge in [0.1, 0.15) is 6.04 Å². The molecule has 2 atom stereocenters. The lowest BCUT2D eigenvalue weighted by Gasteiger charge is -2.25. The van der Waals surface area contributed by atoms with Crippen LogP contribution in [-0.2, 0) is 4.79 Å². The lowest BCUT2D eigenvalue weighted by Crippen LogP contribution is -2.48. The Morgan fingerprint density at radius 2 is 1.86 bits per heavy atom. The zero-order chi connectivity index (χ0) is 16.0. The van der Waals surface area contributed by atoms with Crippen LogP contribution in [0.2, 0.25) is 0 Å². The van der Waals surface area contributed by atoms with Crippen molar-refractivity contribution in [2.24, 2.45) is 17.8 Å². The van der Waals surface area contributed by atoms with Crippen LogP contribution in [-0.4, -0.2) is 41.1 Å². The predicted molar refractivity (Wildman–Crippen MR) is 83.2 cm³/mol. The van der Waals surface area contributed by atoms with Crippen molar-refractivity contribution in [3.63, 3.8) is 0 Å². The number of nitrogens with zero attached hydrogens (tertiary/aromatic N) is 1. The quantitative estimate of drug-likeness (QED) is 0.820. The van der Waals surface area contributed by atoms with Crippen molar-refractivity contribution < 1.29 is 14.7 Å². The van der Waals surface area contributed by atoms with Crippen molar-refractivity contribution in [3.05, 3.63) is 0 Å². The molecule has 0 radical (unpaired) electrons. The van der Waals surface area contributed by atoms with Crippen LogP contribution in [0.15, 0.2) is 0 Å². The number of nitrogens with one attached hydrogen (secondary N) is 1. The molecular formula is C16H30N2O3. The number of carboxylic acid groups (broad SMARTS) is 1. The number of hydrogen-bond acceptors (Lipinski definition) is 2. The second-order valence-electron chi connectivity index (χ2n) is 6.89. The maximum atomic E-state index is 12.3. The van der Waals surface area contributed by atoms with Gasteiger partial charge in [-0.1, -0.05) is 27.7 Å². The molecule has 0 bridgehead atoms. The first kappa shape index (κ1) is 17.8. The molecule has 5 nitrogen and oxygen atoms in total. The molecule has 1 aliphatic rings. The number of carboxylic acids is 1. The van der Waals surface area contributed by atoms with Gasteiger partial charge in [-0.3, -0.25) is 0 Å². The molecule has 1 fully saturated rings. The first-order valence-corrected chi connectivity index (χ1v) is 8.09. The molecule has 2 amide bonds. The highest BCUT2D eigenvalue weighted by molar-refractivity contribution is 5.82. The SMILES string of the molecule is CC(C)CC(NC(=O)N1CCCC(C(C)C)CC1)C(=O)O. The van der Waals surface area contributed by atoms with Crippen LogP contribution in [0.5, 0.6) is 0 Å². The summed E-state index contributed by atoms with van der Waals surface area (Å²) in [5.74, 6) is 0.585. The average Bonchev–Trinajstić information content (AvgIpc) is 2.62. The van der Waals surface area contributed by atoms with Crippen LogP contribution in [0.3, 0.4) is 0 Å². The van der Waals surface area contributed by atoms with E-state index in [0.29, 0.717) is 18.3 Å². The summed E-state index contributed by atoms with van der Waals surface area (Å²) in [4.78, 5) is 25.3. The third-order valence-electron chi connectivity index (χ3n) is 4.31. The Morgan fingerprint density at radius 1 is 1.19 bits per heavy atom. The number of amides is 2. The molecular weight excluding hydrogens is 268 g/mol. The minimum Gasteiger partial charge on any atom is -0.480 e. The number of likely N-dealkylation sites (tertiary alicyclic amines) is 1. The van der Waals surface area contributed by atoms with Gasteiger partial charge in [-0.25, -0.2) is 9.59 Å². The summed E-state index contributed by atoms with van der Waals surface area (Å²) in [5, 5.41) is 11.9. The Morgan fingerprint density at radius 3 is 2.38 bits per heavy atom. The molecule has 0 aromatic rings. The van der Waals surface area contributed by atoms with Gasteiger partial charge in [0.15, 0.2) is 0 Å². The van der Waals surface area contributed by atoms with Crippen LogP contribution in [0.4, 0.5) is 4.79 Å². The maximum Gasteiger partial charge on any atom is 0.326 e. The summed E-state index contributed by atoms with van der Waals surface area (Å²) < 4.78 is 0. The van der Waals surface area contributed by atoms with Gasteiger partial charge in [-0.05, 0) is 43.4 Å². The molecule has 1 aliphatic heterocycles. The summed E-state index contributed by atoms with van der Waals surface area (Å²) in [6.45, 7) is 9.82. The molecule has 0 aromatic heterocycles. The normalized spacial score (nSPS) is 21.2. The Bertz CT molecular complexity index is 355. The van der Waals surface area contributed by atoms with Gasteiger partial charge in [-0.2, -0.15) is 0 Å². The van der Waals surface area contributed by atoms with E-state index in [1.807, 2.05) is 13.8 Å². The summed E-state index contributed by atoms with van der Waals surface area (Å²) in [5.41, 5.74) is 0. The van der Waals surface area contributed by atoms with E-state index in [2.05, 4.69) is 19.2 Å². The number of aliphatic carboxylic acids is 1. The molecule has 1 rings (SSSR count). The van der Waals surface area contributed by atoms with E-state index in [1.165, 1.54) is 0 Å². The predicted octanol–water partition coefficient (Wildman–Crippen LogP) is 2.95. The number of rotatable bonds is 5. The number of carbonyl (C=O) groups is 2. The third kappa shape index (κ3) is 5.94. The van der Waals surface area contributed by atoms with E-state index in [9.17, 15) is 14.7 Å². The summed E-state index contributed by atoms with van der Waals surface area (Å²) >= 11 is 0. The monoisotopic (exact) mass is 298 g/mol. The van der Waals surface area contributed by atoms with Gasteiger partial charge >= 0.3 is 12.0 Å². The fourth-order valence-electron chi connectivity index (χ4n) is 2.93. The number of carbonyl (C=O) groups excluding carboxylic acids is 1. The highest BCUT2D eigenvalue weighted by Gasteiger charge is 2.26. The molecule has 122 valence electrons. The zero-order valence-corrected chi connectivity index (χ0v) is 13.8. The van der Waals surface area contributed by atoms with Crippen LogP contribution in [0, 0.1) is 17.8 Å². The van der Waals surface area contributed by atoms with Gasteiger partial charge in [0, 0.05) is 13.1 Å². The minimum absolute atomic E-state index is 0.229. The largest absolute Gasteiger partial charge is 0.480 e. The highest BCUT2D eigenvalue weighted by Crippen LogP contribution is 2.24. The van der Waals surface area contributed by atoms with E-state index in [0.717, 1.165) is 32.4 Å². The molecule has 2 unspecified atom stereocenters. The maximum absolute atomic E-state index is 12.3. The fraction of sp³-hybridized carbons (Fsp3) is 0.875. The van der Waals surface area contributed by atoms with Gasteiger partial charge in [-0.15, -0.1) is 0 Å². The standard InChI is InChI=1S/C16H30N2O3/c1-11(2)10-14(15(19)20)17-16(21)18-8-5-6-13(7-9-18)12(3)4/h11-14H,5-10H2,1-4H3,(H,17,21)(H,19,20). The molecule has 0 saturated carbocycles. The number of hydrogen-bond donors (Lipinski definition) is 2. The van der Waals surface area contributed by atoms with Crippen molar-refractivity contribution in [1.29, 1.82) is 0 Å². The van der Waals surface area contributed by atoms with E-state index in [-0.39, 0.29) is 11.9 Å². The molecule has 5 heteroatoms. The Kier molecular flexibility index (Phi) is 6.99. The fourth-order valence-corrected chi connectivity index (χ4v) is 2.93. The number of urea groups is 1. The second-order valence-corrected chi connectivity index (χ2v) is 6.89. The molecule has 0 aliphatic carbocycles. The molecule has 0 aromatic carbocycles. The third-order valence-corrected chi connectivity index (χ3v) is 4.31. The molecule has 0 spiro atoms. The molecule has 1 heterocycles. The topological polar surface area (TPSA) is 69.6 Å². The van der Waals surface area contributed by atoms with Crippen molar-refractivity contribution in [2.75, 3.05) is 13.1 Å². The van der Waals surface area contributed by atoms with Crippen molar-refractivity contribution in [1.82, 2.24) is 10.2 Å². The van der Waals surface area contributed by atoms with E-state index in [4.69, 9.17) is 0 Å². The Hall–Kier alpha value is -1.26. The van der Waals surface area contributed by atoms with Crippen LogP contribution in [0.25, 0.3) is 0 Å². The average molecular weight is 298 g/mol. The van der Waals surface area contributed by atoms with Crippen LogP contribution < -0.4 is 5.32 Å². The molecule has 2 N–H and O–H groups in total. The summed E-state index contributed by atoms with van der Waals surface area (Å²) in [6.07, 6.45) is 3.62. The summed E-state index contributed by atoms with van der Waals surface area (Å²) in [6, 6.07) is -1.02. The van der Waals surface area contributed by atoms with Crippen molar-refractivity contribution >= 4 is 12.0 Å². The second kappa shape index (κ2) is 8.25. The van der Waals surface area contributed by atoms with E-state index < -0.39 is 12.0 Å². The summed E-state index contributed by atoms with van der Waals surface area (Å²) in [7, 11) is 0. The lowest BCUT2D eigenvalue weighted by atomic mass is 9.89. The van der Waals surface area contributed by atoms with Crippen LogP contribution >= 0.6 is 0 Å². The molecule has 1 saturated heterocycles. The smallest absolute Gasteiger partial charge is 0.326 e. The van der Waals surface area contributed by atoms with Crippen molar-refractivity contribution in [2.45, 2.75) is 59.4 Å². The lowest BCUT2D eigenvalue weighted by molar-refractivity contribution is -0.139. The van der Waals surface area contributed by atoms with E-state index in [1.54, 1.807) is 4.90 Å². The van der Waals surface area contributed by atoms with Crippen molar-refractivity contribution in [3.8, 4) is 0 Å². The van der Waals surface area contributed by atoms with E-state index >= 15 is 0 Å². The zero-order valence-electron chi connectivity index (χ0n) is 13.8. The van der Waals surface area contributed by atoms with Gasteiger partial charge in [0.2, 0.25) is 0 Å².